The molecule has 1 aromatic carbocycles. The molecule has 0 aliphatic carbocycles. The Morgan fingerprint density at radius 3 is 2.79 bits per heavy atom. The minimum atomic E-state index is -0.239. The summed E-state index contributed by atoms with van der Waals surface area (Å²) in [6.45, 7) is 0.602. The van der Waals surface area contributed by atoms with E-state index in [9.17, 15) is 9.90 Å². The minimum absolute atomic E-state index is 0.108. The maximum atomic E-state index is 11.4. The van der Waals surface area contributed by atoms with E-state index in [0.717, 1.165) is 0 Å². The Morgan fingerprint density at radius 1 is 1.37 bits per heavy atom. The quantitative estimate of drug-likeness (QED) is 0.665. The third-order valence-corrected chi connectivity index (χ3v) is 2.43. The normalized spacial score (nSPS) is 10.1. The molecule has 1 amide bonds. The summed E-state index contributed by atoms with van der Waals surface area (Å²) in [6.07, 6.45) is 0. The monoisotopic (exact) mass is 269 g/mol. The summed E-state index contributed by atoms with van der Waals surface area (Å²) >= 11 is 0. The number of ether oxygens (including phenoxy) is 3. The van der Waals surface area contributed by atoms with Crippen LogP contribution in [0.25, 0.3) is 0 Å². The molecule has 6 nitrogen and oxygen atoms in total. The Balaban J connectivity index is 2.50. The highest BCUT2D eigenvalue weighted by Gasteiger charge is 2.07. The fourth-order valence-electron chi connectivity index (χ4n) is 1.43. The van der Waals surface area contributed by atoms with Gasteiger partial charge in [0, 0.05) is 19.2 Å². The Morgan fingerprint density at radius 2 is 2.16 bits per heavy atom. The molecule has 0 radical (unpaired) electrons. The van der Waals surface area contributed by atoms with Crippen LogP contribution in [-0.2, 0) is 16.1 Å². The van der Waals surface area contributed by atoms with Crippen LogP contribution < -0.4 is 14.8 Å². The van der Waals surface area contributed by atoms with Gasteiger partial charge in [0.15, 0.2) is 6.61 Å². The lowest BCUT2D eigenvalue weighted by molar-refractivity contribution is -0.123. The van der Waals surface area contributed by atoms with Crippen LogP contribution in [0.3, 0.4) is 0 Å². The van der Waals surface area contributed by atoms with Gasteiger partial charge in [-0.25, -0.2) is 0 Å². The fraction of sp³-hybridized carbons (Fsp3) is 0.462. The first-order valence-corrected chi connectivity index (χ1v) is 5.87. The van der Waals surface area contributed by atoms with Crippen molar-refractivity contribution < 1.29 is 24.1 Å². The van der Waals surface area contributed by atoms with Crippen molar-refractivity contribution in [1.82, 2.24) is 5.32 Å². The molecule has 1 aromatic rings. The second kappa shape index (κ2) is 8.34. The van der Waals surface area contributed by atoms with E-state index in [2.05, 4.69) is 5.32 Å². The van der Waals surface area contributed by atoms with Crippen LogP contribution >= 0.6 is 0 Å². The van der Waals surface area contributed by atoms with Gasteiger partial charge in [-0.3, -0.25) is 4.79 Å². The van der Waals surface area contributed by atoms with Crippen molar-refractivity contribution in [2.75, 3.05) is 34.0 Å². The molecule has 0 unspecified atom stereocenters. The van der Waals surface area contributed by atoms with Crippen molar-refractivity contribution in [2.45, 2.75) is 6.61 Å². The number of aliphatic hydroxyl groups excluding tert-OH is 1. The molecule has 106 valence electrons. The van der Waals surface area contributed by atoms with Crippen LogP contribution in [0, 0.1) is 0 Å². The van der Waals surface area contributed by atoms with Gasteiger partial charge < -0.3 is 24.6 Å². The van der Waals surface area contributed by atoms with Crippen molar-refractivity contribution in [3.63, 3.8) is 0 Å². The van der Waals surface area contributed by atoms with Gasteiger partial charge in [0.25, 0.3) is 5.91 Å². The van der Waals surface area contributed by atoms with E-state index in [4.69, 9.17) is 14.2 Å². The molecule has 0 heterocycles. The highest BCUT2D eigenvalue weighted by atomic mass is 16.5. The van der Waals surface area contributed by atoms with Crippen molar-refractivity contribution in [1.29, 1.82) is 0 Å². The van der Waals surface area contributed by atoms with Crippen LogP contribution in [-0.4, -0.2) is 45.0 Å². The molecule has 2 N–H and O–H groups in total. The van der Waals surface area contributed by atoms with Crippen LogP contribution in [0.1, 0.15) is 5.56 Å². The maximum Gasteiger partial charge on any atom is 0.258 e. The number of rotatable bonds is 8. The van der Waals surface area contributed by atoms with Gasteiger partial charge in [-0.1, -0.05) is 0 Å². The zero-order valence-electron chi connectivity index (χ0n) is 11.1. The van der Waals surface area contributed by atoms with E-state index in [0.29, 0.717) is 30.2 Å². The molecular formula is C13H19NO5. The standard InChI is InChI=1S/C13H19NO5/c1-17-6-5-14-13(16)9-19-12-4-3-11(18-2)7-10(12)8-15/h3-4,7,15H,5-6,8-9H2,1-2H3,(H,14,16). The molecule has 0 saturated heterocycles. The predicted molar refractivity (Wildman–Crippen MR) is 69.3 cm³/mol. The largest absolute Gasteiger partial charge is 0.497 e. The summed E-state index contributed by atoms with van der Waals surface area (Å²) in [5.41, 5.74) is 0.573. The van der Waals surface area contributed by atoms with Crippen LogP contribution in [0.5, 0.6) is 11.5 Å². The number of carbonyl (C=O) groups excluding carboxylic acids is 1. The molecule has 0 aliphatic heterocycles. The summed E-state index contributed by atoms with van der Waals surface area (Å²) in [5, 5.41) is 11.9. The van der Waals surface area contributed by atoms with Gasteiger partial charge in [0.2, 0.25) is 0 Å². The highest BCUT2D eigenvalue weighted by molar-refractivity contribution is 5.77. The second-order valence-electron chi connectivity index (χ2n) is 3.76. The van der Waals surface area contributed by atoms with Gasteiger partial charge in [-0.15, -0.1) is 0 Å². The summed E-state index contributed by atoms with van der Waals surface area (Å²) in [4.78, 5) is 11.4. The fourth-order valence-corrected chi connectivity index (χ4v) is 1.43. The average Bonchev–Trinajstić information content (AvgIpc) is 2.45. The van der Waals surface area contributed by atoms with E-state index < -0.39 is 0 Å². The van der Waals surface area contributed by atoms with Crippen molar-refractivity contribution >= 4 is 5.91 Å². The Bertz CT molecular complexity index is 408. The molecule has 0 spiro atoms. The maximum absolute atomic E-state index is 11.4. The molecule has 0 atom stereocenters. The van der Waals surface area contributed by atoms with Gasteiger partial charge in [-0.05, 0) is 18.2 Å². The summed E-state index contributed by atoms with van der Waals surface area (Å²) in [6, 6.07) is 5.03. The number of methoxy groups -OCH3 is 2. The van der Waals surface area contributed by atoms with Crippen LogP contribution in [0.15, 0.2) is 18.2 Å². The molecule has 0 saturated carbocycles. The first-order valence-electron chi connectivity index (χ1n) is 5.87. The molecular weight excluding hydrogens is 250 g/mol. The molecule has 19 heavy (non-hydrogen) atoms. The van der Waals surface area contributed by atoms with E-state index in [1.165, 1.54) is 0 Å². The second-order valence-corrected chi connectivity index (χ2v) is 3.76. The van der Waals surface area contributed by atoms with Crippen LogP contribution in [0.4, 0.5) is 0 Å². The number of benzene rings is 1. The number of carbonyl (C=O) groups is 1. The molecule has 6 heteroatoms. The van der Waals surface area contributed by atoms with Crippen molar-refractivity contribution in [3.05, 3.63) is 23.8 Å². The third kappa shape index (κ3) is 5.15. The Kier molecular flexibility index (Phi) is 6.70. The first kappa shape index (κ1) is 15.3. The van der Waals surface area contributed by atoms with E-state index >= 15 is 0 Å². The lowest BCUT2D eigenvalue weighted by Crippen LogP contribution is -2.31. The van der Waals surface area contributed by atoms with Crippen LogP contribution in [0.2, 0.25) is 0 Å². The third-order valence-electron chi connectivity index (χ3n) is 2.43. The zero-order valence-corrected chi connectivity index (χ0v) is 11.1. The van der Waals surface area contributed by atoms with Gasteiger partial charge in [-0.2, -0.15) is 0 Å². The lowest BCUT2D eigenvalue weighted by atomic mass is 10.2. The number of amides is 1. The summed E-state index contributed by atoms with van der Waals surface area (Å²) in [7, 11) is 3.10. The van der Waals surface area contributed by atoms with E-state index in [1.54, 1.807) is 32.4 Å². The number of aliphatic hydroxyl groups is 1. The smallest absolute Gasteiger partial charge is 0.258 e. The van der Waals surface area contributed by atoms with Gasteiger partial charge >= 0.3 is 0 Å². The zero-order chi connectivity index (χ0) is 14.1. The number of nitrogens with one attached hydrogen (secondary N) is 1. The molecule has 0 aliphatic rings. The summed E-state index contributed by atoms with van der Waals surface area (Å²) < 4.78 is 15.2. The van der Waals surface area contributed by atoms with E-state index in [1.807, 2.05) is 0 Å². The van der Waals surface area contributed by atoms with Gasteiger partial charge in [0.05, 0.1) is 20.3 Å². The average molecular weight is 269 g/mol. The molecule has 1 rings (SSSR count). The first-order chi connectivity index (χ1) is 9.21. The Hall–Kier alpha value is -1.79. The Labute approximate surface area is 112 Å². The minimum Gasteiger partial charge on any atom is -0.497 e. The molecule has 0 fully saturated rings. The lowest BCUT2D eigenvalue weighted by Gasteiger charge is -2.11. The van der Waals surface area contributed by atoms with Crippen molar-refractivity contribution in [2.24, 2.45) is 0 Å². The predicted octanol–water partition coefficient (Wildman–Crippen LogP) is 0.329. The van der Waals surface area contributed by atoms with E-state index in [-0.39, 0.29) is 19.1 Å². The summed E-state index contributed by atoms with van der Waals surface area (Å²) in [5.74, 6) is 0.850. The number of hydrogen-bond acceptors (Lipinski definition) is 5. The highest BCUT2D eigenvalue weighted by Crippen LogP contribution is 2.24. The molecule has 0 aromatic heterocycles. The molecule has 0 bridgehead atoms. The van der Waals surface area contributed by atoms with Crippen molar-refractivity contribution in [3.8, 4) is 11.5 Å². The number of hydrogen-bond donors (Lipinski definition) is 2. The topological polar surface area (TPSA) is 77.0 Å². The SMILES string of the molecule is COCCNC(=O)COc1ccc(OC)cc1CO. The van der Waals surface area contributed by atoms with Gasteiger partial charge in [0.1, 0.15) is 11.5 Å².